The fraction of sp³-hybridized carbons (Fsp3) is 0.433. The number of benzene rings is 2. The van der Waals surface area contributed by atoms with Gasteiger partial charge in [-0.3, -0.25) is 4.79 Å². The minimum atomic E-state index is -4.44. The van der Waals surface area contributed by atoms with Crippen LogP contribution < -0.4 is 4.90 Å². The molecule has 0 N–H and O–H groups in total. The first-order valence-electron chi connectivity index (χ1n) is 13.4. The number of alkyl halides is 3. The molecular formula is C30H35F3N4O. The first kappa shape index (κ1) is 27.6. The van der Waals surface area contributed by atoms with Crippen molar-refractivity contribution in [1.29, 1.82) is 0 Å². The number of nitrogens with zero attached hydrogens (tertiary/aromatic N) is 4. The molecule has 5 nitrogen and oxygen atoms in total. The summed E-state index contributed by atoms with van der Waals surface area (Å²) in [6.45, 7) is 6.46. The lowest BCUT2D eigenvalue weighted by atomic mass is 10.0. The molecule has 1 aliphatic rings. The highest BCUT2D eigenvalue weighted by Gasteiger charge is 2.31. The minimum Gasteiger partial charge on any atom is -0.353 e. The molecule has 1 fully saturated rings. The molecule has 1 saturated heterocycles. The Bertz CT molecular complexity index is 1220. The summed E-state index contributed by atoms with van der Waals surface area (Å²) in [5, 5.41) is 0. The molecule has 0 radical (unpaired) electrons. The molecule has 4 rings (SSSR count). The molecule has 0 atom stereocenters. The molecule has 2 aromatic carbocycles. The van der Waals surface area contributed by atoms with E-state index in [1.54, 1.807) is 6.07 Å². The standard InChI is InChI=1S/C30H35F3N4O/c1-3-4-5-9-15-27(38)36-16-18-37(19-17-36)29-26(20-23-11-7-6-8-12-23)22(2)34-28(35-29)24-13-10-14-25(21-24)30(31,32)33/h6-8,10-14,21H,3-5,9,15-20H2,1-2H3. The van der Waals surface area contributed by atoms with Gasteiger partial charge in [-0.2, -0.15) is 13.2 Å². The van der Waals surface area contributed by atoms with Gasteiger partial charge in [0.1, 0.15) is 5.82 Å². The van der Waals surface area contributed by atoms with Crippen molar-refractivity contribution >= 4 is 11.7 Å². The zero-order valence-electron chi connectivity index (χ0n) is 22.1. The topological polar surface area (TPSA) is 49.3 Å². The molecule has 3 aromatic rings. The molecule has 8 heteroatoms. The number of piperazine rings is 1. The van der Waals surface area contributed by atoms with Crippen LogP contribution in [-0.2, 0) is 17.4 Å². The van der Waals surface area contributed by atoms with E-state index in [0.717, 1.165) is 60.5 Å². The van der Waals surface area contributed by atoms with Crippen molar-refractivity contribution in [3.8, 4) is 11.4 Å². The molecule has 1 aliphatic heterocycles. The number of hydrogen-bond acceptors (Lipinski definition) is 4. The number of carbonyl (C=O) groups is 1. The molecule has 2 heterocycles. The molecule has 1 amide bonds. The maximum absolute atomic E-state index is 13.4. The van der Waals surface area contributed by atoms with E-state index in [2.05, 4.69) is 16.8 Å². The fourth-order valence-electron chi connectivity index (χ4n) is 4.84. The molecule has 1 aromatic heterocycles. The maximum atomic E-state index is 13.4. The zero-order valence-corrected chi connectivity index (χ0v) is 22.1. The summed E-state index contributed by atoms with van der Waals surface area (Å²) in [6.07, 6.45) is 1.02. The number of halogens is 3. The van der Waals surface area contributed by atoms with Crippen LogP contribution >= 0.6 is 0 Å². The van der Waals surface area contributed by atoms with Gasteiger partial charge in [-0.15, -0.1) is 0 Å². The van der Waals surface area contributed by atoms with Crippen molar-refractivity contribution in [3.05, 3.63) is 77.0 Å². The number of aryl methyl sites for hydroxylation is 1. The lowest BCUT2D eigenvalue weighted by Crippen LogP contribution is -2.49. The highest BCUT2D eigenvalue weighted by Crippen LogP contribution is 2.33. The Balaban J connectivity index is 1.61. The number of amides is 1. The highest BCUT2D eigenvalue weighted by atomic mass is 19.4. The van der Waals surface area contributed by atoms with Crippen LogP contribution in [0.15, 0.2) is 54.6 Å². The Kier molecular flexibility index (Phi) is 9.02. The lowest BCUT2D eigenvalue weighted by molar-refractivity contribution is -0.137. The second-order valence-corrected chi connectivity index (χ2v) is 9.85. The van der Waals surface area contributed by atoms with E-state index >= 15 is 0 Å². The molecule has 0 spiro atoms. The molecule has 202 valence electrons. The predicted octanol–water partition coefficient (Wildman–Crippen LogP) is 6.68. The number of anilines is 1. The Morgan fingerprint density at radius 3 is 2.34 bits per heavy atom. The van der Waals surface area contributed by atoms with Crippen LogP contribution in [-0.4, -0.2) is 47.0 Å². The summed E-state index contributed by atoms with van der Waals surface area (Å²) in [5.41, 5.74) is 2.40. The number of rotatable bonds is 9. The van der Waals surface area contributed by atoms with Crippen molar-refractivity contribution in [2.45, 2.75) is 58.5 Å². The van der Waals surface area contributed by atoms with Gasteiger partial charge >= 0.3 is 6.18 Å². The van der Waals surface area contributed by atoms with Gasteiger partial charge in [0.15, 0.2) is 5.82 Å². The molecule has 0 bridgehead atoms. The monoisotopic (exact) mass is 524 g/mol. The average molecular weight is 525 g/mol. The van der Waals surface area contributed by atoms with Gasteiger partial charge in [-0.1, -0.05) is 68.7 Å². The van der Waals surface area contributed by atoms with Gasteiger partial charge < -0.3 is 9.80 Å². The Morgan fingerprint density at radius 1 is 0.921 bits per heavy atom. The fourth-order valence-corrected chi connectivity index (χ4v) is 4.84. The zero-order chi connectivity index (χ0) is 27.1. The van der Waals surface area contributed by atoms with Crippen molar-refractivity contribution in [1.82, 2.24) is 14.9 Å². The second kappa shape index (κ2) is 12.4. The minimum absolute atomic E-state index is 0.189. The van der Waals surface area contributed by atoms with E-state index in [4.69, 9.17) is 4.98 Å². The summed E-state index contributed by atoms with van der Waals surface area (Å²) in [6, 6.07) is 15.2. The normalized spacial score (nSPS) is 14.1. The maximum Gasteiger partial charge on any atom is 0.416 e. The second-order valence-electron chi connectivity index (χ2n) is 9.85. The van der Waals surface area contributed by atoms with Gasteiger partial charge in [0.2, 0.25) is 5.91 Å². The summed E-state index contributed by atoms with van der Waals surface area (Å²) >= 11 is 0. The first-order chi connectivity index (χ1) is 18.3. The molecular weight excluding hydrogens is 489 g/mol. The van der Waals surface area contributed by atoms with E-state index in [1.165, 1.54) is 6.07 Å². The summed E-state index contributed by atoms with van der Waals surface area (Å²) < 4.78 is 40.1. The third-order valence-corrected chi connectivity index (χ3v) is 7.04. The Hall–Kier alpha value is -3.42. The van der Waals surface area contributed by atoms with Crippen LogP contribution in [0.1, 0.15) is 61.4 Å². The van der Waals surface area contributed by atoms with Crippen LogP contribution in [0.25, 0.3) is 11.4 Å². The molecule has 0 aliphatic carbocycles. The van der Waals surface area contributed by atoms with Gasteiger partial charge in [0.05, 0.1) is 5.56 Å². The van der Waals surface area contributed by atoms with Crippen molar-refractivity contribution in [3.63, 3.8) is 0 Å². The van der Waals surface area contributed by atoms with Gasteiger partial charge in [-0.05, 0) is 31.0 Å². The van der Waals surface area contributed by atoms with Crippen molar-refractivity contribution in [2.24, 2.45) is 0 Å². The highest BCUT2D eigenvalue weighted by molar-refractivity contribution is 5.76. The lowest BCUT2D eigenvalue weighted by Gasteiger charge is -2.36. The van der Waals surface area contributed by atoms with E-state index < -0.39 is 11.7 Å². The summed E-state index contributed by atoms with van der Waals surface area (Å²) in [4.78, 5) is 26.2. The third-order valence-electron chi connectivity index (χ3n) is 7.04. The van der Waals surface area contributed by atoms with Crippen LogP contribution in [0.4, 0.5) is 19.0 Å². The third kappa shape index (κ3) is 6.91. The average Bonchev–Trinajstić information content (AvgIpc) is 2.92. The van der Waals surface area contributed by atoms with E-state index in [-0.39, 0.29) is 11.7 Å². The molecule has 0 saturated carbocycles. The first-order valence-corrected chi connectivity index (χ1v) is 13.4. The number of unbranched alkanes of at least 4 members (excludes halogenated alkanes) is 3. The predicted molar refractivity (Wildman–Crippen MR) is 144 cm³/mol. The number of hydrogen-bond donors (Lipinski definition) is 0. The summed E-state index contributed by atoms with van der Waals surface area (Å²) in [5.74, 6) is 1.19. The van der Waals surface area contributed by atoms with Crippen molar-refractivity contribution in [2.75, 3.05) is 31.1 Å². The van der Waals surface area contributed by atoms with Gasteiger partial charge in [0, 0.05) is 55.8 Å². The van der Waals surface area contributed by atoms with E-state index in [1.807, 2.05) is 42.2 Å². The van der Waals surface area contributed by atoms with Crippen LogP contribution in [0, 0.1) is 6.92 Å². The Labute approximate surface area is 222 Å². The SMILES string of the molecule is CCCCCCC(=O)N1CCN(c2nc(-c3cccc(C(F)(F)F)c3)nc(C)c2Cc2ccccc2)CC1. The van der Waals surface area contributed by atoms with E-state index in [9.17, 15) is 18.0 Å². The summed E-state index contributed by atoms with van der Waals surface area (Å²) in [7, 11) is 0. The molecule has 0 unspecified atom stereocenters. The Morgan fingerprint density at radius 2 is 1.66 bits per heavy atom. The smallest absolute Gasteiger partial charge is 0.353 e. The van der Waals surface area contributed by atoms with Crippen molar-refractivity contribution < 1.29 is 18.0 Å². The largest absolute Gasteiger partial charge is 0.416 e. The number of aromatic nitrogens is 2. The van der Waals surface area contributed by atoms with Gasteiger partial charge in [0.25, 0.3) is 0 Å². The number of carbonyl (C=O) groups excluding carboxylic acids is 1. The quantitative estimate of drug-likeness (QED) is 0.293. The van der Waals surface area contributed by atoms with Crippen LogP contribution in [0.5, 0.6) is 0 Å². The van der Waals surface area contributed by atoms with Crippen LogP contribution in [0.3, 0.4) is 0 Å². The van der Waals surface area contributed by atoms with Gasteiger partial charge in [-0.25, -0.2) is 9.97 Å². The molecule has 38 heavy (non-hydrogen) atoms. The van der Waals surface area contributed by atoms with E-state index in [0.29, 0.717) is 44.6 Å². The van der Waals surface area contributed by atoms with Crippen LogP contribution in [0.2, 0.25) is 0 Å².